The molecule has 26 heavy (non-hydrogen) atoms. The zero-order chi connectivity index (χ0) is 18.9. The number of rotatable bonds is 8. The van der Waals surface area contributed by atoms with E-state index in [9.17, 15) is 9.59 Å². The molecule has 0 atom stereocenters. The minimum atomic E-state index is -0.226. The van der Waals surface area contributed by atoms with Crippen molar-refractivity contribution >= 4 is 11.9 Å². The number of benzene rings is 1. The Balaban J connectivity index is 2.15. The van der Waals surface area contributed by atoms with Crippen molar-refractivity contribution < 1.29 is 14.0 Å². The van der Waals surface area contributed by atoms with Crippen LogP contribution in [0.15, 0.2) is 65.8 Å². The molecule has 0 aliphatic carbocycles. The Morgan fingerprint density at radius 1 is 1.04 bits per heavy atom. The maximum Gasteiger partial charge on any atom is 0.320 e. The lowest BCUT2D eigenvalue weighted by Crippen LogP contribution is -2.46. The Labute approximate surface area is 154 Å². The molecule has 0 aliphatic heterocycles. The number of carbonyl (C=O) groups excluding carboxylic acids is 2. The van der Waals surface area contributed by atoms with Crippen LogP contribution in [0, 0.1) is 0 Å². The third-order valence-electron chi connectivity index (χ3n) is 3.82. The van der Waals surface area contributed by atoms with Gasteiger partial charge in [0.2, 0.25) is 5.91 Å². The summed E-state index contributed by atoms with van der Waals surface area (Å²) in [4.78, 5) is 29.8. The summed E-state index contributed by atoms with van der Waals surface area (Å²) in [6, 6.07) is 13.1. The Morgan fingerprint density at radius 3 is 2.35 bits per heavy atom. The molecule has 3 amide bonds. The van der Waals surface area contributed by atoms with Gasteiger partial charge >= 0.3 is 6.03 Å². The normalized spacial score (nSPS) is 10.2. The van der Waals surface area contributed by atoms with E-state index in [1.807, 2.05) is 36.4 Å². The molecule has 2 aromatic rings. The van der Waals surface area contributed by atoms with E-state index in [0.29, 0.717) is 25.4 Å². The van der Waals surface area contributed by atoms with Crippen molar-refractivity contribution in [2.45, 2.75) is 13.1 Å². The first-order chi connectivity index (χ1) is 12.5. The predicted molar refractivity (Wildman–Crippen MR) is 100 cm³/mol. The zero-order valence-electron chi connectivity index (χ0n) is 15.3. The SMILES string of the molecule is C=CCN(CC(=O)N(Cc1ccccc1)Cc1ccco1)C(=O)N(C)C. The molecule has 0 saturated heterocycles. The van der Waals surface area contributed by atoms with Gasteiger partial charge < -0.3 is 19.1 Å². The third kappa shape index (κ3) is 5.51. The number of hydrogen-bond donors (Lipinski definition) is 0. The number of amides is 3. The highest BCUT2D eigenvalue weighted by Gasteiger charge is 2.22. The average molecular weight is 355 g/mol. The van der Waals surface area contributed by atoms with E-state index in [-0.39, 0.29) is 18.5 Å². The number of nitrogens with zero attached hydrogens (tertiary/aromatic N) is 3. The number of hydrogen-bond acceptors (Lipinski definition) is 3. The standard InChI is InChI=1S/C20H25N3O3/c1-4-12-22(20(25)21(2)3)16-19(24)23(15-18-11-8-13-26-18)14-17-9-6-5-7-10-17/h4-11,13H,1,12,14-16H2,2-3H3. The highest BCUT2D eigenvalue weighted by molar-refractivity contribution is 5.84. The molecule has 2 rings (SSSR count). The smallest absolute Gasteiger partial charge is 0.320 e. The van der Waals surface area contributed by atoms with Crippen LogP contribution >= 0.6 is 0 Å². The number of carbonyl (C=O) groups is 2. The molecular formula is C20H25N3O3. The van der Waals surface area contributed by atoms with Gasteiger partial charge in [0, 0.05) is 27.2 Å². The van der Waals surface area contributed by atoms with Gasteiger partial charge in [-0.05, 0) is 17.7 Å². The maximum atomic E-state index is 12.9. The Hall–Kier alpha value is -3.02. The van der Waals surface area contributed by atoms with Crippen LogP contribution in [0.1, 0.15) is 11.3 Å². The summed E-state index contributed by atoms with van der Waals surface area (Å²) in [5, 5.41) is 0. The second kappa shape index (κ2) is 9.46. The highest BCUT2D eigenvalue weighted by Crippen LogP contribution is 2.12. The third-order valence-corrected chi connectivity index (χ3v) is 3.82. The van der Waals surface area contributed by atoms with Crippen molar-refractivity contribution in [3.63, 3.8) is 0 Å². The topological polar surface area (TPSA) is 57.0 Å². The minimum absolute atomic E-state index is 0.0173. The molecule has 6 nitrogen and oxygen atoms in total. The van der Waals surface area contributed by atoms with Crippen molar-refractivity contribution in [1.29, 1.82) is 0 Å². The molecule has 0 spiro atoms. The fraction of sp³-hybridized carbons (Fsp3) is 0.300. The van der Waals surface area contributed by atoms with Crippen LogP contribution in [0.3, 0.4) is 0 Å². The minimum Gasteiger partial charge on any atom is -0.467 e. The maximum absolute atomic E-state index is 12.9. The molecule has 0 aliphatic rings. The Bertz CT molecular complexity index is 711. The largest absolute Gasteiger partial charge is 0.467 e. The van der Waals surface area contributed by atoms with Crippen molar-refractivity contribution in [3.8, 4) is 0 Å². The van der Waals surface area contributed by atoms with E-state index in [1.54, 1.807) is 37.4 Å². The fourth-order valence-electron chi connectivity index (χ4n) is 2.54. The van der Waals surface area contributed by atoms with E-state index in [1.165, 1.54) is 9.80 Å². The zero-order valence-corrected chi connectivity index (χ0v) is 15.3. The predicted octanol–water partition coefficient (Wildman–Crippen LogP) is 2.98. The van der Waals surface area contributed by atoms with Crippen LogP contribution < -0.4 is 0 Å². The van der Waals surface area contributed by atoms with E-state index < -0.39 is 0 Å². The molecule has 138 valence electrons. The fourth-order valence-corrected chi connectivity index (χ4v) is 2.54. The van der Waals surface area contributed by atoms with Crippen LogP contribution in [0.5, 0.6) is 0 Å². The Morgan fingerprint density at radius 2 is 1.77 bits per heavy atom. The van der Waals surface area contributed by atoms with E-state index in [0.717, 1.165) is 5.56 Å². The number of urea groups is 1. The molecule has 1 aromatic carbocycles. The Kier molecular flexibility index (Phi) is 7.02. The van der Waals surface area contributed by atoms with Crippen molar-refractivity contribution in [1.82, 2.24) is 14.7 Å². The summed E-state index contributed by atoms with van der Waals surface area (Å²) in [6.45, 7) is 4.75. The van der Waals surface area contributed by atoms with E-state index in [2.05, 4.69) is 6.58 Å². The average Bonchev–Trinajstić information content (AvgIpc) is 3.14. The quantitative estimate of drug-likeness (QED) is 0.684. The molecule has 1 heterocycles. The van der Waals surface area contributed by atoms with E-state index in [4.69, 9.17) is 4.42 Å². The van der Waals surface area contributed by atoms with Crippen molar-refractivity contribution in [3.05, 3.63) is 72.7 Å². The summed E-state index contributed by atoms with van der Waals surface area (Å²) in [6.07, 6.45) is 3.20. The summed E-state index contributed by atoms with van der Waals surface area (Å²) in [7, 11) is 3.32. The van der Waals surface area contributed by atoms with Crippen LogP contribution in [0.25, 0.3) is 0 Å². The summed E-state index contributed by atoms with van der Waals surface area (Å²) in [5.74, 6) is 0.547. The van der Waals surface area contributed by atoms with Gasteiger partial charge in [0.15, 0.2) is 0 Å². The first-order valence-electron chi connectivity index (χ1n) is 8.42. The van der Waals surface area contributed by atoms with Crippen LogP contribution in [-0.4, -0.2) is 53.8 Å². The van der Waals surface area contributed by atoms with Crippen LogP contribution in [-0.2, 0) is 17.9 Å². The van der Waals surface area contributed by atoms with Crippen molar-refractivity contribution in [2.75, 3.05) is 27.2 Å². The van der Waals surface area contributed by atoms with Gasteiger partial charge in [-0.2, -0.15) is 0 Å². The first-order valence-corrected chi connectivity index (χ1v) is 8.42. The second-order valence-electron chi connectivity index (χ2n) is 6.16. The van der Waals surface area contributed by atoms with Gasteiger partial charge in [0.05, 0.1) is 12.8 Å². The summed E-state index contributed by atoms with van der Waals surface area (Å²) < 4.78 is 5.39. The molecule has 6 heteroatoms. The van der Waals surface area contributed by atoms with Crippen LogP contribution in [0.4, 0.5) is 4.79 Å². The lowest BCUT2D eigenvalue weighted by molar-refractivity contribution is -0.133. The highest BCUT2D eigenvalue weighted by atomic mass is 16.3. The molecule has 1 aromatic heterocycles. The molecule has 0 unspecified atom stereocenters. The van der Waals surface area contributed by atoms with E-state index >= 15 is 0 Å². The van der Waals surface area contributed by atoms with Gasteiger partial charge in [0.1, 0.15) is 12.3 Å². The van der Waals surface area contributed by atoms with Gasteiger partial charge in [-0.1, -0.05) is 36.4 Å². The molecule has 0 N–H and O–H groups in total. The molecular weight excluding hydrogens is 330 g/mol. The number of furan rings is 1. The van der Waals surface area contributed by atoms with Gasteiger partial charge in [-0.15, -0.1) is 6.58 Å². The molecule has 0 saturated carbocycles. The van der Waals surface area contributed by atoms with Gasteiger partial charge in [-0.25, -0.2) is 4.79 Å². The molecule has 0 fully saturated rings. The molecule has 0 radical (unpaired) electrons. The summed E-state index contributed by atoms with van der Waals surface area (Å²) in [5.41, 5.74) is 1.02. The van der Waals surface area contributed by atoms with Crippen molar-refractivity contribution in [2.24, 2.45) is 0 Å². The summed E-state index contributed by atoms with van der Waals surface area (Å²) >= 11 is 0. The second-order valence-corrected chi connectivity index (χ2v) is 6.16. The lowest BCUT2D eigenvalue weighted by atomic mass is 10.2. The molecule has 0 bridgehead atoms. The van der Waals surface area contributed by atoms with Gasteiger partial charge in [0.25, 0.3) is 0 Å². The monoisotopic (exact) mass is 355 g/mol. The lowest BCUT2D eigenvalue weighted by Gasteiger charge is -2.28. The first kappa shape index (κ1) is 19.3. The van der Waals surface area contributed by atoms with Gasteiger partial charge in [-0.3, -0.25) is 4.79 Å². The van der Waals surface area contributed by atoms with Crippen LogP contribution in [0.2, 0.25) is 0 Å².